The van der Waals surface area contributed by atoms with Crippen molar-refractivity contribution in [3.05, 3.63) is 24.5 Å². The first kappa shape index (κ1) is 8.49. The predicted molar refractivity (Wildman–Crippen MR) is 50.1 cm³/mol. The van der Waals surface area contributed by atoms with Crippen LogP contribution in [-0.2, 0) is 0 Å². The van der Waals surface area contributed by atoms with Crippen molar-refractivity contribution in [1.29, 1.82) is 0 Å². The second-order valence-electron chi connectivity index (χ2n) is 2.64. The van der Waals surface area contributed by atoms with E-state index in [4.69, 9.17) is 10.5 Å². The SMILES string of the molecule is COc1cc(-n2cc(N)nn2)ccn1. The normalized spacial score (nSPS) is 10.1. The van der Waals surface area contributed by atoms with Crippen LogP contribution in [0.15, 0.2) is 24.5 Å². The van der Waals surface area contributed by atoms with Crippen molar-refractivity contribution in [3.8, 4) is 11.6 Å². The first-order valence-corrected chi connectivity index (χ1v) is 3.98. The van der Waals surface area contributed by atoms with Crippen LogP contribution >= 0.6 is 0 Å². The lowest BCUT2D eigenvalue weighted by atomic mass is 10.4. The Bertz CT molecular complexity index is 439. The fourth-order valence-electron chi connectivity index (χ4n) is 1.06. The molecule has 0 aliphatic carbocycles. The number of anilines is 1. The molecule has 0 atom stereocenters. The average Bonchev–Trinajstić information content (AvgIpc) is 2.65. The lowest BCUT2D eigenvalue weighted by Gasteiger charge is -2.01. The summed E-state index contributed by atoms with van der Waals surface area (Å²) in [5.41, 5.74) is 6.25. The standard InChI is InChI=1S/C8H9N5O/c1-14-8-4-6(2-3-10-8)13-5-7(9)11-12-13/h2-5H,9H2,1H3. The van der Waals surface area contributed by atoms with Crippen molar-refractivity contribution < 1.29 is 4.74 Å². The number of nitrogen functional groups attached to an aromatic ring is 1. The molecule has 0 aromatic carbocycles. The molecule has 2 heterocycles. The maximum absolute atomic E-state index is 5.45. The smallest absolute Gasteiger partial charge is 0.215 e. The van der Waals surface area contributed by atoms with Crippen molar-refractivity contribution in [1.82, 2.24) is 20.0 Å². The molecule has 2 aromatic rings. The number of nitrogens with two attached hydrogens (primary N) is 1. The summed E-state index contributed by atoms with van der Waals surface area (Å²) in [5.74, 6) is 0.900. The Morgan fingerprint density at radius 1 is 1.50 bits per heavy atom. The summed E-state index contributed by atoms with van der Waals surface area (Å²) >= 11 is 0. The molecule has 0 aliphatic rings. The number of pyridine rings is 1. The van der Waals surface area contributed by atoms with E-state index < -0.39 is 0 Å². The number of hydrogen-bond donors (Lipinski definition) is 1. The minimum atomic E-state index is 0.376. The molecule has 0 bridgehead atoms. The zero-order valence-electron chi connectivity index (χ0n) is 7.58. The van der Waals surface area contributed by atoms with Gasteiger partial charge in [0.25, 0.3) is 0 Å². The molecule has 2 N–H and O–H groups in total. The van der Waals surface area contributed by atoms with E-state index in [1.165, 1.54) is 0 Å². The van der Waals surface area contributed by atoms with Gasteiger partial charge in [-0.05, 0) is 6.07 Å². The van der Waals surface area contributed by atoms with Gasteiger partial charge in [-0.1, -0.05) is 5.21 Å². The summed E-state index contributed by atoms with van der Waals surface area (Å²) in [5, 5.41) is 7.50. The maximum atomic E-state index is 5.45. The Morgan fingerprint density at radius 2 is 2.36 bits per heavy atom. The summed E-state index contributed by atoms with van der Waals surface area (Å²) in [4.78, 5) is 3.98. The summed E-state index contributed by atoms with van der Waals surface area (Å²) in [6.07, 6.45) is 3.25. The minimum Gasteiger partial charge on any atom is -0.481 e. The van der Waals surface area contributed by atoms with E-state index in [1.807, 2.05) is 0 Å². The number of ether oxygens (including phenoxy) is 1. The van der Waals surface area contributed by atoms with Gasteiger partial charge in [0.15, 0.2) is 5.82 Å². The number of hydrogen-bond acceptors (Lipinski definition) is 5. The van der Waals surface area contributed by atoms with E-state index in [-0.39, 0.29) is 0 Å². The zero-order valence-corrected chi connectivity index (χ0v) is 7.58. The second kappa shape index (κ2) is 3.33. The Labute approximate surface area is 80.3 Å². The maximum Gasteiger partial charge on any atom is 0.215 e. The summed E-state index contributed by atoms with van der Waals surface area (Å²) in [6, 6.07) is 3.53. The van der Waals surface area contributed by atoms with Gasteiger partial charge in [0.1, 0.15) is 0 Å². The molecule has 0 amide bonds. The highest BCUT2D eigenvalue weighted by Gasteiger charge is 2.01. The van der Waals surface area contributed by atoms with Crippen molar-refractivity contribution in [2.75, 3.05) is 12.8 Å². The van der Waals surface area contributed by atoms with Gasteiger partial charge in [0.2, 0.25) is 5.88 Å². The van der Waals surface area contributed by atoms with E-state index in [9.17, 15) is 0 Å². The highest BCUT2D eigenvalue weighted by molar-refractivity contribution is 5.35. The Kier molecular flexibility index (Phi) is 2.02. The highest BCUT2D eigenvalue weighted by atomic mass is 16.5. The molecule has 6 nitrogen and oxygen atoms in total. The summed E-state index contributed by atoms with van der Waals surface area (Å²) in [6.45, 7) is 0. The first-order chi connectivity index (χ1) is 6.79. The van der Waals surface area contributed by atoms with Crippen LogP contribution < -0.4 is 10.5 Å². The van der Waals surface area contributed by atoms with Crippen LogP contribution in [-0.4, -0.2) is 27.1 Å². The molecular formula is C8H9N5O. The van der Waals surface area contributed by atoms with Gasteiger partial charge in [-0.3, -0.25) is 0 Å². The van der Waals surface area contributed by atoms with Crippen LogP contribution in [0, 0.1) is 0 Å². The third-order valence-electron chi connectivity index (χ3n) is 1.70. The third kappa shape index (κ3) is 1.49. The Balaban J connectivity index is 2.41. The molecule has 0 aliphatic heterocycles. The van der Waals surface area contributed by atoms with Gasteiger partial charge >= 0.3 is 0 Å². The average molecular weight is 191 g/mol. The van der Waals surface area contributed by atoms with Crippen LogP contribution in [0.2, 0.25) is 0 Å². The molecular weight excluding hydrogens is 182 g/mol. The minimum absolute atomic E-state index is 0.376. The van der Waals surface area contributed by atoms with Crippen LogP contribution in [0.25, 0.3) is 5.69 Å². The van der Waals surface area contributed by atoms with Crippen molar-refractivity contribution >= 4 is 5.82 Å². The van der Waals surface area contributed by atoms with Gasteiger partial charge in [0.05, 0.1) is 19.0 Å². The molecule has 14 heavy (non-hydrogen) atoms. The molecule has 2 aromatic heterocycles. The van der Waals surface area contributed by atoms with E-state index in [2.05, 4.69) is 15.3 Å². The fourth-order valence-corrected chi connectivity index (χ4v) is 1.06. The molecule has 2 rings (SSSR count). The van der Waals surface area contributed by atoms with E-state index in [0.717, 1.165) is 5.69 Å². The van der Waals surface area contributed by atoms with Crippen LogP contribution in [0.5, 0.6) is 5.88 Å². The highest BCUT2D eigenvalue weighted by Crippen LogP contribution is 2.12. The molecule has 0 fully saturated rings. The number of methoxy groups -OCH3 is 1. The molecule has 6 heteroatoms. The van der Waals surface area contributed by atoms with E-state index in [0.29, 0.717) is 11.7 Å². The van der Waals surface area contributed by atoms with E-state index >= 15 is 0 Å². The number of nitrogens with zero attached hydrogens (tertiary/aromatic N) is 4. The quantitative estimate of drug-likeness (QED) is 0.736. The van der Waals surface area contributed by atoms with Crippen molar-refractivity contribution in [3.63, 3.8) is 0 Å². The van der Waals surface area contributed by atoms with Crippen LogP contribution in [0.4, 0.5) is 5.82 Å². The topological polar surface area (TPSA) is 78.9 Å². The molecule has 0 spiro atoms. The van der Waals surface area contributed by atoms with Gasteiger partial charge in [-0.25, -0.2) is 9.67 Å². The van der Waals surface area contributed by atoms with Crippen molar-refractivity contribution in [2.45, 2.75) is 0 Å². The third-order valence-corrected chi connectivity index (χ3v) is 1.70. The lowest BCUT2D eigenvalue weighted by molar-refractivity contribution is 0.397. The fraction of sp³-hybridized carbons (Fsp3) is 0.125. The van der Waals surface area contributed by atoms with Crippen molar-refractivity contribution in [2.24, 2.45) is 0 Å². The molecule has 0 saturated heterocycles. The Hall–Kier alpha value is -2.11. The first-order valence-electron chi connectivity index (χ1n) is 3.98. The van der Waals surface area contributed by atoms with Gasteiger partial charge in [-0.2, -0.15) is 0 Å². The molecule has 0 radical (unpaired) electrons. The van der Waals surface area contributed by atoms with Gasteiger partial charge < -0.3 is 10.5 Å². The summed E-state index contributed by atoms with van der Waals surface area (Å²) < 4.78 is 6.53. The van der Waals surface area contributed by atoms with Crippen LogP contribution in [0.1, 0.15) is 0 Å². The number of rotatable bonds is 2. The molecule has 0 unspecified atom stereocenters. The summed E-state index contributed by atoms with van der Waals surface area (Å²) in [7, 11) is 1.56. The second-order valence-corrected chi connectivity index (χ2v) is 2.64. The van der Waals surface area contributed by atoms with Crippen LogP contribution in [0.3, 0.4) is 0 Å². The largest absolute Gasteiger partial charge is 0.481 e. The molecule has 0 saturated carbocycles. The van der Waals surface area contributed by atoms with E-state index in [1.54, 1.807) is 36.3 Å². The molecule has 72 valence electrons. The lowest BCUT2D eigenvalue weighted by Crippen LogP contribution is -1.96. The zero-order chi connectivity index (χ0) is 9.97. The van der Waals surface area contributed by atoms with Gasteiger partial charge in [-0.15, -0.1) is 5.10 Å². The predicted octanol–water partition coefficient (Wildman–Crippen LogP) is 0.253. The monoisotopic (exact) mass is 191 g/mol. The van der Waals surface area contributed by atoms with Gasteiger partial charge in [0, 0.05) is 12.3 Å². The number of aromatic nitrogens is 4. The Morgan fingerprint density at radius 3 is 3.00 bits per heavy atom.